The highest BCUT2D eigenvalue weighted by molar-refractivity contribution is 9.10. The molecule has 1 aromatic heterocycles. The van der Waals surface area contributed by atoms with Gasteiger partial charge in [-0.2, -0.15) is 0 Å². The number of carbonyl (C=O) groups is 1. The number of nitrogens with zero attached hydrogens (tertiary/aromatic N) is 3. The second-order valence-corrected chi connectivity index (χ2v) is 6.66. The van der Waals surface area contributed by atoms with Crippen molar-refractivity contribution in [2.75, 3.05) is 13.1 Å². The first-order chi connectivity index (χ1) is 11.2. The van der Waals surface area contributed by atoms with E-state index >= 15 is 0 Å². The molecule has 1 aliphatic rings. The monoisotopic (exact) mass is 374 g/mol. The molecule has 2 aromatic rings. The number of halogens is 1. The Balaban J connectivity index is 1.47. The van der Waals surface area contributed by atoms with Crippen LogP contribution in [-0.2, 0) is 6.54 Å². The first kappa shape index (κ1) is 16.1. The second kappa shape index (κ2) is 7.66. The van der Waals surface area contributed by atoms with Gasteiger partial charge < -0.3 is 5.32 Å². The Hall–Kier alpha value is -1.79. The molecule has 5 nitrogen and oxygen atoms in total. The van der Waals surface area contributed by atoms with E-state index in [1.807, 2.05) is 0 Å². The summed E-state index contributed by atoms with van der Waals surface area (Å²) in [6.07, 6.45) is 4.92. The number of aromatic nitrogens is 2. The van der Waals surface area contributed by atoms with Crippen LogP contribution in [0.1, 0.15) is 28.9 Å². The zero-order valence-electron chi connectivity index (χ0n) is 12.8. The number of likely N-dealkylation sites (tertiary alicyclic amines) is 1. The summed E-state index contributed by atoms with van der Waals surface area (Å²) < 4.78 is 1.10. The Kier molecular flexibility index (Phi) is 5.35. The van der Waals surface area contributed by atoms with Crippen LogP contribution in [0.4, 0.5) is 0 Å². The van der Waals surface area contributed by atoms with E-state index in [0.29, 0.717) is 5.69 Å². The molecule has 0 spiro atoms. The van der Waals surface area contributed by atoms with Gasteiger partial charge in [0, 0.05) is 36.3 Å². The molecular formula is C17H19BrN4O. The largest absolute Gasteiger partial charge is 0.348 e. The molecule has 0 unspecified atom stereocenters. The highest BCUT2D eigenvalue weighted by Crippen LogP contribution is 2.16. The molecule has 0 bridgehead atoms. The third kappa shape index (κ3) is 4.59. The number of benzene rings is 1. The van der Waals surface area contributed by atoms with Crippen molar-refractivity contribution < 1.29 is 4.79 Å². The molecule has 0 radical (unpaired) electrons. The van der Waals surface area contributed by atoms with Crippen molar-refractivity contribution in [2.45, 2.75) is 25.4 Å². The fourth-order valence-corrected chi connectivity index (χ4v) is 3.03. The van der Waals surface area contributed by atoms with Gasteiger partial charge in [0.05, 0.1) is 0 Å². The van der Waals surface area contributed by atoms with Crippen LogP contribution in [0.25, 0.3) is 0 Å². The molecule has 3 rings (SSSR count). The van der Waals surface area contributed by atoms with Crippen molar-refractivity contribution in [1.82, 2.24) is 20.2 Å². The molecule has 1 amide bonds. The van der Waals surface area contributed by atoms with Gasteiger partial charge in [0.2, 0.25) is 0 Å². The Morgan fingerprint density at radius 3 is 2.61 bits per heavy atom. The molecule has 1 saturated heterocycles. The Bertz CT molecular complexity index is 639. The summed E-state index contributed by atoms with van der Waals surface area (Å²) in [5, 5.41) is 3.06. The molecule has 120 valence electrons. The predicted molar refractivity (Wildman–Crippen MR) is 91.9 cm³/mol. The average Bonchev–Trinajstić information content (AvgIpc) is 2.59. The van der Waals surface area contributed by atoms with Crippen LogP contribution in [0.15, 0.2) is 47.3 Å². The number of hydrogen-bond acceptors (Lipinski definition) is 4. The fraction of sp³-hybridized carbons (Fsp3) is 0.353. The predicted octanol–water partition coefficient (Wildman–Crippen LogP) is 2.63. The molecule has 0 aliphatic carbocycles. The third-order valence-corrected chi connectivity index (χ3v) is 4.59. The number of amides is 1. The van der Waals surface area contributed by atoms with E-state index in [4.69, 9.17) is 0 Å². The van der Waals surface area contributed by atoms with E-state index in [2.05, 4.69) is 60.4 Å². The smallest absolute Gasteiger partial charge is 0.270 e. The fourth-order valence-electron chi connectivity index (χ4n) is 2.77. The van der Waals surface area contributed by atoms with Crippen molar-refractivity contribution in [3.05, 3.63) is 58.6 Å². The lowest BCUT2D eigenvalue weighted by Crippen LogP contribution is -2.44. The SMILES string of the molecule is O=C(NC1CCN(Cc2ccc(Br)cc2)CC1)c1ccncn1. The van der Waals surface area contributed by atoms with Gasteiger partial charge in [-0.25, -0.2) is 9.97 Å². The highest BCUT2D eigenvalue weighted by atomic mass is 79.9. The van der Waals surface area contributed by atoms with Crippen LogP contribution < -0.4 is 5.32 Å². The summed E-state index contributed by atoms with van der Waals surface area (Å²) in [5.41, 5.74) is 1.74. The molecule has 1 aromatic carbocycles. The van der Waals surface area contributed by atoms with E-state index in [9.17, 15) is 4.79 Å². The molecule has 1 fully saturated rings. The van der Waals surface area contributed by atoms with Crippen molar-refractivity contribution in [3.63, 3.8) is 0 Å². The number of nitrogens with one attached hydrogen (secondary N) is 1. The van der Waals surface area contributed by atoms with E-state index in [1.165, 1.54) is 11.9 Å². The van der Waals surface area contributed by atoms with Gasteiger partial charge in [-0.05, 0) is 36.6 Å². The number of hydrogen-bond donors (Lipinski definition) is 1. The zero-order valence-corrected chi connectivity index (χ0v) is 14.4. The van der Waals surface area contributed by atoms with Crippen molar-refractivity contribution in [1.29, 1.82) is 0 Å². The molecule has 1 aliphatic heterocycles. The molecule has 2 heterocycles. The second-order valence-electron chi connectivity index (χ2n) is 5.74. The van der Waals surface area contributed by atoms with Gasteiger partial charge in [0.1, 0.15) is 12.0 Å². The normalized spacial score (nSPS) is 16.2. The minimum Gasteiger partial charge on any atom is -0.348 e. The maximum atomic E-state index is 12.1. The molecular weight excluding hydrogens is 356 g/mol. The minimum absolute atomic E-state index is 0.112. The summed E-state index contributed by atoms with van der Waals surface area (Å²) in [7, 11) is 0. The molecule has 0 atom stereocenters. The summed E-state index contributed by atoms with van der Waals surface area (Å²) in [5.74, 6) is -0.112. The molecule has 6 heteroatoms. The average molecular weight is 375 g/mol. The maximum Gasteiger partial charge on any atom is 0.270 e. The van der Waals surface area contributed by atoms with Crippen LogP contribution in [-0.4, -0.2) is 39.9 Å². The Morgan fingerprint density at radius 2 is 1.96 bits per heavy atom. The molecule has 1 N–H and O–H groups in total. The van der Waals surface area contributed by atoms with Gasteiger partial charge in [0.15, 0.2) is 0 Å². The van der Waals surface area contributed by atoms with Crippen LogP contribution in [0, 0.1) is 0 Å². The molecule has 23 heavy (non-hydrogen) atoms. The first-order valence-corrected chi connectivity index (χ1v) is 8.54. The van der Waals surface area contributed by atoms with Gasteiger partial charge in [0.25, 0.3) is 5.91 Å². The third-order valence-electron chi connectivity index (χ3n) is 4.06. The highest BCUT2D eigenvalue weighted by Gasteiger charge is 2.21. The van der Waals surface area contributed by atoms with Gasteiger partial charge in [-0.15, -0.1) is 0 Å². The minimum atomic E-state index is -0.112. The van der Waals surface area contributed by atoms with Crippen LogP contribution >= 0.6 is 15.9 Å². The summed E-state index contributed by atoms with van der Waals surface area (Å²) in [6, 6.07) is 10.3. The van der Waals surface area contributed by atoms with Gasteiger partial charge in [-0.3, -0.25) is 9.69 Å². The maximum absolute atomic E-state index is 12.1. The number of carbonyl (C=O) groups excluding carboxylic acids is 1. The summed E-state index contributed by atoms with van der Waals surface area (Å²) in [4.78, 5) is 22.3. The Labute approximate surface area is 144 Å². The van der Waals surface area contributed by atoms with Crippen LogP contribution in [0.2, 0.25) is 0 Å². The van der Waals surface area contributed by atoms with Crippen molar-refractivity contribution >= 4 is 21.8 Å². The molecule has 0 saturated carbocycles. The number of piperidine rings is 1. The Morgan fingerprint density at radius 1 is 1.22 bits per heavy atom. The lowest BCUT2D eigenvalue weighted by atomic mass is 10.0. The summed E-state index contributed by atoms with van der Waals surface area (Å²) >= 11 is 3.46. The van der Waals surface area contributed by atoms with Gasteiger partial charge >= 0.3 is 0 Å². The number of rotatable bonds is 4. The van der Waals surface area contributed by atoms with Gasteiger partial charge in [-0.1, -0.05) is 28.1 Å². The first-order valence-electron chi connectivity index (χ1n) is 7.74. The van der Waals surface area contributed by atoms with E-state index < -0.39 is 0 Å². The quantitative estimate of drug-likeness (QED) is 0.893. The van der Waals surface area contributed by atoms with Crippen LogP contribution in [0.5, 0.6) is 0 Å². The van der Waals surface area contributed by atoms with Crippen LogP contribution in [0.3, 0.4) is 0 Å². The van der Waals surface area contributed by atoms with E-state index in [-0.39, 0.29) is 11.9 Å². The topological polar surface area (TPSA) is 58.1 Å². The van der Waals surface area contributed by atoms with Crippen molar-refractivity contribution in [2.24, 2.45) is 0 Å². The van der Waals surface area contributed by atoms with Crippen molar-refractivity contribution in [3.8, 4) is 0 Å². The van der Waals surface area contributed by atoms with E-state index in [0.717, 1.165) is 36.9 Å². The van der Waals surface area contributed by atoms with E-state index in [1.54, 1.807) is 12.3 Å². The lowest BCUT2D eigenvalue weighted by molar-refractivity contribution is 0.0903. The lowest BCUT2D eigenvalue weighted by Gasteiger charge is -2.32. The summed E-state index contributed by atoms with van der Waals surface area (Å²) in [6.45, 7) is 2.94. The zero-order chi connectivity index (χ0) is 16.1. The standard InChI is InChI=1S/C17H19BrN4O/c18-14-3-1-13(2-4-14)11-22-9-6-15(7-10-22)21-17(23)16-5-8-19-12-20-16/h1-5,8,12,15H,6-7,9-11H2,(H,21,23).